The highest BCUT2D eigenvalue weighted by molar-refractivity contribution is 4.21. The van der Waals surface area contributed by atoms with Crippen molar-refractivity contribution in [2.24, 2.45) is 11.8 Å². The lowest BCUT2D eigenvalue weighted by atomic mass is 10.3. The molecule has 0 aliphatic rings. The van der Waals surface area contributed by atoms with Gasteiger partial charge in [0.15, 0.2) is 0 Å². The third-order valence-corrected chi connectivity index (χ3v) is 0. The topological polar surface area (TPSA) is 0 Å². The van der Waals surface area contributed by atoms with Crippen LogP contribution in [-0.4, -0.2) is 0 Å². The lowest BCUT2D eigenvalue weighted by Gasteiger charge is -1.79. The summed E-state index contributed by atoms with van der Waals surface area (Å²) in [5, 5.41) is 0. The first-order chi connectivity index (χ1) is 9.12. The summed E-state index contributed by atoms with van der Waals surface area (Å²) >= 11 is 0. The molecule has 0 N–H and O–H groups in total. The third kappa shape index (κ3) is 0. The van der Waals surface area contributed by atoms with Gasteiger partial charge in [-0.25, -0.2) is 0 Å². The highest BCUT2D eigenvalue weighted by Gasteiger charge is 1.68. The van der Waals surface area contributed by atoms with Gasteiger partial charge >= 0.3 is 0 Å². The van der Waals surface area contributed by atoms with Gasteiger partial charge in [-0.3, -0.25) is 0 Å². The molecule has 0 saturated heterocycles. The van der Waals surface area contributed by atoms with Crippen LogP contribution in [0.25, 0.3) is 0 Å². The molecule has 0 heteroatoms. The molecule has 0 aromatic rings. The molecule has 0 aliphatic heterocycles. The molecule has 108 valence electrons. The first-order valence-corrected chi connectivity index (χ1v) is 6.29. The van der Waals surface area contributed by atoms with Crippen LogP contribution in [-0.2, 0) is 0 Å². The van der Waals surface area contributed by atoms with E-state index in [0.29, 0.717) is 27.6 Å². The number of rotatable bonds is 0. The van der Waals surface area contributed by atoms with Gasteiger partial charge in [-0.1, -0.05) is 96.8 Å². The molecule has 0 aromatic heterocycles. The summed E-state index contributed by atoms with van der Waals surface area (Å²) in [6, 6.07) is 0. The summed E-state index contributed by atoms with van der Waals surface area (Å²) in [5.74, 6) is 1.67. The molecular formula is C16H44. The molecule has 16 heavy (non-hydrogen) atoms. The fraction of sp³-hybridized carbons (Fsp3) is 1.00. The third-order valence-electron chi connectivity index (χ3n) is 0. The molecule has 0 rings (SSSR count). The van der Waals surface area contributed by atoms with E-state index in [9.17, 15) is 0 Å². The maximum absolute atomic E-state index is 6.21. The summed E-state index contributed by atoms with van der Waals surface area (Å²) in [4.78, 5) is 0. The van der Waals surface area contributed by atoms with Crippen molar-refractivity contribution in [3.8, 4) is 0 Å². The SMILES string of the molecule is CC(C)C.CC(C)C.[3H]CC.[3H]CC.[3H]CC.[3H]CC. The maximum Gasteiger partial charge on any atom is 0.0228 e. The molecule has 0 bridgehead atoms. The van der Waals surface area contributed by atoms with E-state index in [1.807, 2.05) is 0 Å². The molecule has 0 nitrogen and oxygen atoms in total. The lowest BCUT2D eigenvalue weighted by Crippen LogP contribution is -1.66. The fourth-order valence-electron chi connectivity index (χ4n) is 0. The summed E-state index contributed by atoms with van der Waals surface area (Å²) in [6.07, 6.45) is 0. The largest absolute Gasteiger partial charge is 0.0683 e. The van der Waals surface area contributed by atoms with Crippen LogP contribution in [0.2, 0.25) is 0 Å². The van der Waals surface area contributed by atoms with Crippen LogP contribution in [0.5, 0.6) is 0 Å². The Balaban J connectivity index is -0.0000000296. The lowest BCUT2D eigenvalue weighted by molar-refractivity contribution is 0.736. The molecule has 0 aromatic carbocycles. The predicted octanol–water partition coefficient (Wildman–Crippen LogP) is 7.43. The minimum absolute atomic E-state index is 0.500. The molecule has 0 unspecified atom stereocenters. The van der Waals surface area contributed by atoms with Gasteiger partial charge in [0.1, 0.15) is 0 Å². The second-order valence-electron chi connectivity index (χ2n) is 3.46. The standard InChI is InChI=1S/2C4H10.4C2H6/c2*1-4(2)3;4*1-2/h2*4H,1-3H3;4*1-2H3/i;;4*1T. The van der Waals surface area contributed by atoms with Crippen molar-refractivity contribution in [3.63, 3.8) is 0 Å². The maximum atomic E-state index is 6.21. The first-order valence-electron chi connectivity index (χ1n) is 9.12. The molecule has 0 heterocycles. The fourth-order valence-corrected chi connectivity index (χ4v) is 0. The second-order valence-corrected chi connectivity index (χ2v) is 3.46. The van der Waals surface area contributed by atoms with Crippen LogP contribution >= 0.6 is 0 Å². The molecule has 0 radical (unpaired) electrons. The van der Waals surface area contributed by atoms with Gasteiger partial charge in [0.25, 0.3) is 0 Å². The van der Waals surface area contributed by atoms with Crippen LogP contribution in [0.1, 0.15) is 102 Å². The highest BCUT2D eigenvalue weighted by atomic mass is 13.7. The zero-order chi connectivity index (χ0) is 18.0. The Morgan fingerprint density at radius 2 is 0.500 bits per heavy atom. The van der Waals surface area contributed by atoms with Crippen molar-refractivity contribution < 1.29 is 5.48 Å². The van der Waals surface area contributed by atoms with Crippen LogP contribution in [0.15, 0.2) is 0 Å². The molecule has 0 fully saturated rings. The van der Waals surface area contributed by atoms with E-state index in [-0.39, 0.29) is 0 Å². The minimum Gasteiger partial charge on any atom is -0.0683 e. The Morgan fingerprint density at radius 3 is 0.500 bits per heavy atom. The van der Waals surface area contributed by atoms with E-state index >= 15 is 0 Å². The van der Waals surface area contributed by atoms with E-state index < -0.39 is 0 Å². The van der Waals surface area contributed by atoms with Gasteiger partial charge < -0.3 is 0 Å². The molecule has 0 aliphatic carbocycles. The predicted molar refractivity (Wildman–Crippen MR) is 86.4 cm³/mol. The van der Waals surface area contributed by atoms with Crippen LogP contribution in [0.4, 0.5) is 0 Å². The average Bonchev–Trinajstić information content (AvgIpc) is 2.18. The van der Waals surface area contributed by atoms with Crippen molar-refractivity contribution in [3.05, 3.63) is 0 Å². The van der Waals surface area contributed by atoms with Gasteiger partial charge in [0.05, 0.1) is 0 Å². The Morgan fingerprint density at radius 1 is 0.500 bits per heavy atom. The summed E-state index contributed by atoms with van der Waals surface area (Å²) < 4.78 is 24.8. The first kappa shape index (κ1) is 18.4. The Bertz CT molecular complexity index is 57.4. The second kappa shape index (κ2) is 81.7. The average molecular weight is 245 g/mol. The van der Waals surface area contributed by atoms with Gasteiger partial charge in [-0.2, -0.15) is 0 Å². The smallest absolute Gasteiger partial charge is 0.0228 e. The van der Waals surface area contributed by atoms with Crippen molar-refractivity contribution in [2.75, 3.05) is 0 Å². The van der Waals surface area contributed by atoms with Crippen molar-refractivity contribution >= 4 is 0 Å². The minimum atomic E-state index is 0.500. The Kier molecular flexibility index (Phi) is 93.8. The van der Waals surface area contributed by atoms with Gasteiger partial charge in [0, 0.05) is 5.48 Å². The molecule has 0 saturated carbocycles. The monoisotopic (exact) mass is 244 g/mol. The normalized spacial score (nSPS) is 9.25. The van der Waals surface area contributed by atoms with E-state index in [2.05, 4.69) is 41.5 Å². The molecule has 0 atom stereocenters. The molecule has 0 spiro atoms. The van der Waals surface area contributed by atoms with E-state index in [4.69, 9.17) is 5.48 Å². The van der Waals surface area contributed by atoms with Crippen LogP contribution < -0.4 is 0 Å². The summed E-state index contributed by atoms with van der Waals surface area (Å²) in [6.45, 7) is 22.2. The molecular weight excluding hydrogens is 192 g/mol. The van der Waals surface area contributed by atoms with Gasteiger partial charge in [0.2, 0.25) is 0 Å². The molecule has 0 amide bonds. The summed E-state index contributed by atoms with van der Waals surface area (Å²) in [5.41, 5.74) is 0. The van der Waals surface area contributed by atoms with E-state index in [1.165, 1.54) is 0 Å². The highest BCUT2D eigenvalue weighted by Crippen LogP contribution is 1.81. The van der Waals surface area contributed by atoms with Gasteiger partial charge in [-0.15, -0.1) is 0 Å². The zero-order valence-electron chi connectivity index (χ0n) is 18.0. The van der Waals surface area contributed by atoms with E-state index in [1.54, 1.807) is 27.7 Å². The van der Waals surface area contributed by atoms with Crippen LogP contribution in [0, 0.1) is 11.8 Å². The zero-order valence-corrected chi connectivity index (χ0v) is 14.0. The van der Waals surface area contributed by atoms with Gasteiger partial charge in [-0.05, 0) is 11.8 Å². The Labute approximate surface area is 115 Å². The van der Waals surface area contributed by atoms with Crippen LogP contribution in [0.3, 0.4) is 0 Å². The quantitative estimate of drug-likeness (QED) is 0.415. The number of hydrogen-bond acceptors (Lipinski definition) is 0. The number of hydrogen-bond donors (Lipinski definition) is 0. The van der Waals surface area contributed by atoms with Crippen molar-refractivity contribution in [2.45, 2.75) is 96.8 Å². The summed E-state index contributed by atoms with van der Waals surface area (Å²) in [7, 11) is 0. The van der Waals surface area contributed by atoms with E-state index in [0.717, 1.165) is 11.8 Å². The van der Waals surface area contributed by atoms with Crippen molar-refractivity contribution in [1.29, 1.82) is 0 Å². The Hall–Kier alpha value is 0. The van der Waals surface area contributed by atoms with Crippen molar-refractivity contribution in [1.82, 2.24) is 0 Å².